The minimum absolute atomic E-state index is 0.0827. The molecule has 0 aliphatic heterocycles. The molecule has 0 spiro atoms. The predicted octanol–water partition coefficient (Wildman–Crippen LogP) is 4.28. The van der Waals surface area contributed by atoms with Crippen LogP contribution < -0.4 is 10.1 Å². The molecule has 19 heavy (non-hydrogen) atoms. The molecule has 5 heteroatoms. The number of ether oxygens (including phenoxy) is 1. The third kappa shape index (κ3) is 2.99. The first-order chi connectivity index (χ1) is 9.06. The Labute approximate surface area is 124 Å². The molecule has 1 aromatic carbocycles. The van der Waals surface area contributed by atoms with Crippen LogP contribution in [0.1, 0.15) is 22.0 Å². The van der Waals surface area contributed by atoms with Crippen molar-refractivity contribution in [1.82, 2.24) is 5.32 Å². The first kappa shape index (κ1) is 14.5. The molecule has 1 heterocycles. The minimum Gasteiger partial charge on any atom is -0.496 e. The van der Waals surface area contributed by atoms with Gasteiger partial charge in [0.1, 0.15) is 11.6 Å². The summed E-state index contributed by atoms with van der Waals surface area (Å²) in [6.07, 6.45) is 0. The van der Waals surface area contributed by atoms with Gasteiger partial charge in [-0.2, -0.15) is 0 Å². The fourth-order valence-electron chi connectivity index (χ4n) is 2.01. The Balaban J connectivity index is 2.50. The summed E-state index contributed by atoms with van der Waals surface area (Å²) in [5, 5.41) is 3.22. The fourth-order valence-corrected chi connectivity index (χ4v) is 3.71. The summed E-state index contributed by atoms with van der Waals surface area (Å²) in [5.74, 6) is 0.423. The number of hydrogen-bond donors (Lipinski definition) is 1. The number of hydrogen-bond acceptors (Lipinski definition) is 3. The molecule has 2 nitrogen and oxygen atoms in total. The lowest BCUT2D eigenvalue weighted by Gasteiger charge is -2.18. The molecular weight excluding hydrogens is 329 g/mol. The molecule has 0 aliphatic carbocycles. The maximum atomic E-state index is 13.5. The third-order valence-electron chi connectivity index (χ3n) is 2.95. The van der Waals surface area contributed by atoms with Gasteiger partial charge in [0.15, 0.2) is 0 Å². The van der Waals surface area contributed by atoms with Crippen molar-refractivity contribution in [3.8, 4) is 5.75 Å². The zero-order valence-corrected chi connectivity index (χ0v) is 13.4. The summed E-state index contributed by atoms with van der Waals surface area (Å²) in [6, 6.07) is 6.60. The van der Waals surface area contributed by atoms with Crippen LogP contribution in [-0.2, 0) is 0 Å². The highest BCUT2D eigenvalue weighted by atomic mass is 79.9. The quantitative estimate of drug-likeness (QED) is 0.894. The lowest BCUT2D eigenvalue weighted by Crippen LogP contribution is -2.17. The molecule has 0 radical (unpaired) electrons. The van der Waals surface area contributed by atoms with Gasteiger partial charge >= 0.3 is 0 Å². The van der Waals surface area contributed by atoms with Crippen molar-refractivity contribution < 1.29 is 9.13 Å². The number of halogens is 2. The predicted molar refractivity (Wildman–Crippen MR) is 80.6 cm³/mol. The van der Waals surface area contributed by atoms with Gasteiger partial charge in [0, 0.05) is 10.4 Å². The van der Waals surface area contributed by atoms with Crippen molar-refractivity contribution in [1.29, 1.82) is 0 Å². The van der Waals surface area contributed by atoms with Gasteiger partial charge in [-0.05, 0) is 59.7 Å². The van der Waals surface area contributed by atoms with Crippen molar-refractivity contribution in [2.45, 2.75) is 13.0 Å². The van der Waals surface area contributed by atoms with E-state index < -0.39 is 0 Å². The van der Waals surface area contributed by atoms with E-state index in [-0.39, 0.29) is 11.9 Å². The maximum Gasteiger partial charge on any atom is 0.124 e. The molecule has 0 amide bonds. The van der Waals surface area contributed by atoms with Crippen molar-refractivity contribution in [3.05, 3.63) is 49.9 Å². The van der Waals surface area contributed by atoms with Crippen LogP contribution in [0.2, 0.25) is 0 Å². The van der Waals surface area contributed by atoms with E-state index in [1.165, 1.54) is 17.7 Å². The molecule has 1 aromatic heterocycles. The number of rotatable bonds is 4. The van der Waals surface area contributed by atoms with E-state index in [0.29, 0.717) is 5.75 Å². The maximum absolute atomic E-state index is 13.5. The molecule has 1 unspecified atom stereocenters. The number of nitrogens with one attached hydrogen (secondary N) is 1. The van der Waals surface area contributed by atoms with E-state index in [9.17, 15) is 4.39 Å². The molecule has 2 aromatic rings. The number of methoxy groups -OCH3 is 1. The summed E-state index contributed by atoms with van der Waals surface area (Å²) >= 11 is 5.16. The second-order valence-electron chi connectivity index (χ2n) is 4.21. The van der Waals surface area contributed by atoms with Crippen LogP contribution in [0, 0.1) is 12.7 Å². The van der Waals surface area contributed by atoms with Crippen LogP contribution in [0.4, 0.5) is 4.39 Å². The average molecular weight is 344 g/mol. The van der Waals surface area contributed by atoms with Gasteiger partial charge < -0.3 is 10.1 Å². The van der Waals surface area contributed by atoms with Gasteiger partial charge in [-0.1, -0.05) is 0 Å². The number of thiophene rings is 1. The van der Waals surface area contributed by atoms with E-state index in [0.717, 1.165) is 14.2 Å². The lowest BCUT2D eigenvalue weighted by atomic mass is 10.0. The van der Waals surface area contributed by atoms with Crippen molar-refractivity contribution in [2.24, 2.45) is 0 Å². The Morgan fingerprint density at radius 3 is 2.63 bits per heavy atom. The van der Waals surface area contributed by atoms with E-state index >= 15 is 0 Å². The van der Waals surface area contributed by atoms with Crippen LogP contribution in [0.15, 0.2) is 28.1 Å². The summed E-state index contributed by atoms with van der Waals surface area (Å²) in [5.41, 5.74) is 1.98. The number of benzene rings is 1. The van der Waals surface area contributed by atoms with Gasteiger partial charge in [0.25, 0.3) is 0 Å². The van der Waals surface area contributed by atoms with Crippen LogP contribution in [0.3, 0.4) is 0 Å². The van der Waals surface area contributed by atoms with Crippen molar-refractivity contribution in [2.75, 3.05) is 14.2 Å². The van der Waals surface area contributed by atoms with Gasteiger partial charge in [0.05, 0.1) is 16.9 Å². The zero-order valence-electron chi connectivity index (χ0n) is 11.0. The molecule has 1 N–H and O–H groups in total. The highest BCUT2D eigenvalue weighted by molar-refractivity contribution is 9.11. The Bertz CT molecular complexity index is 565. The van der Waals surface area contributed by atoms with Crippen molar-refractivity contribution in [3.63, 3.8) is 0 Å². The number of aryl methyl sites for hydroxylation is 1. The van der Waals surface area contributed by atoms with Gasteiger partial charge in [0.2, 0.25) is 0 Å². The zero-order chi connectivity index (χ0) is 14.0. The largest absolute Gasteiger partial charge is 0.496 e. The molecule has 0 saturated heterocycles. The van der Waals surface area contributed by atoms with Crippen LogP contribution in [0.5, 0.6) is 5.75 Å². The average Bonchev–Trinajstić information content (AvgIpc) is 2.70. The molecule has 0 bridgehead atoms. The standard InChI is InChI=1S/C14H15BrFNOS/c1-8-6-12(19-14(8)15)13(17-2)10-7-9(16)4-5-11(10)18-3/h4-7,13,17H,1-3H3. The van der Waals surface area contributed by atoms with E-state index in [1.54, 1.807) is 24.5 Å². The fraction of sp³-hybridized carbons (Fsp3) is 0.286. The molecule has 2 rings (SSSR count). The van der Waals surface area contributed by atoms with Crippen LogP contribution in [-0.4, -0.2) is 14.2 Å². The molecule has 0 saturated carbocycles. The molecule has 0 fully saturated rings. The van der Waals surface area contributed by atoms with Crippen LogP contribution in [0.25, 0.3) is 0 Å². The SMILES string of the molecule is CNC(c1cc(C)c(Br)s1)c1cc(F)ccc1OC. The Morgan fingerprint density at radius 2 is 2.11 bits per heavy atom. The van der Waals surface area contributed by atoms with E-state index in [1.807, 2.05) is 14.0 Å². The summed E-state index contributed by atoms with van der Waals surface area (Å²) in [4.78, 5) is 1.12. The first-order valence-electron chi connectivity index (χ1n) is 5.83. The van der Waals surface area contributed by atoms with Crippen LogP contribution >= 0.6 is 27.3 Å². The normalized spacial score (nSPS) is 12.5. The molecular formula is C14H15BrFNOS. The molecule has 1 atom stereocenters. The van der Waals surface area contributed by atoms with Gasteiger partial charge in [-0.25, -0.2) is 4.39 Å². The Kier molecular flexibility index (Phi) is 4.60. The minimum atomic E-state index is -0.261. The van der Waals surface area contributed by atoms with E-state index in [4.69, 9.17) is 4.74 Å². The topological polar surface area (TPSA) is 21.3 Å². The summed E-state index contributed by atoms with van der Waals surface area (Å²) in [6.45, 7) is 2.04. The van der Waals surface area contributed by atoms with Gasteiger partial charge in [-0.3, -0.25) is 0 Å². The molecule has 102 valence electrons. The second kappa shape index (κ2) is 6.03. The lowest BCUT2D eigenvalue weighted by molar-refractivity contribution is 0.404. The first-order valence-corrected chi connectivity index (χ1v) is 7.44. The third-order valence-corrected chi connectivity index (χ3v) is 5.15. The smallest absolute Gasteiger partial charge is 0.124 e. The Hall–Kier alpha value is -0.910. The van der Waals surface area contributed by atoms with Gasteiger partial charge in [-0.15, -0.1) is 11.3 Å². The molecule has 0 aliphatic rings. The summed E-state index contributed by atoms with van der Waals surface area (Å²) < 4.78 is 19.9. The van der Waals surface area contributed by atoms with Crippen molar-refractivity contribution >= 4 is 27.3 Å². The monoisotopic (exact) mass is 343 g/mol. The Morgan fingerprint density at radius 1 is 1.37 bits per heavy atom. The second-order valence-corrected chi connectivity index (χ2v) is 6.62. The highest BCUT2D eigenvalue weighted by Gasteiger charge is 2.20. The summed E-state index contributed by atoms with van der Waals surface area (Å²) in [7, 11) is 3.46. The highest BCUT2D eigenvalue weighted by Crippen LogP contribution is 2.37. The van der Waals surface area contributed by atoms with E-state index in [2.05, 4.69) is 27.3 Å².